The van der Waals surface area contributed by atoms with Gasteiger partial charge in [0.2, 0.25) is 0 Å². The summed E-state index contributed by atoms with van der Waals surface area (Å²) in [6.45, 7) is 0. The van der Waals surface area contributed by atoms with Crippen LogP contribution >= 0.6 is 0 Å². The number of primary amides is 1. The fourth-order valence-corrected chi connectivity index (χ4v) is 2.50. The molecule has 0 saturated heterocycles. The lowest BCUT2D eigenvalue weighted by Crippen LogP contribution is -2.16. The Morgan fingerprint density at radius 2 is 2.00 bits per heavy atom. The second-order valence-electron chi connectivity index (χ2n) is 5.51. The first-order valence-corrected chi connectivity index (χ1v) is 7.65. The van der Waals surface area contributed by atoms with E-state index < -0.39 is 5.91 Å². The van der Waals surface area contributed by atoms with Crippen molar-refractivity contribution in [3.05, 3.63) is 67.0 Å². The molecule has 2 N–H and O–H groups in total. The van der Waals surface area contributed by atoms with Gasteiger partial charge in [-0.25, -0.2) is 4.98 Å². The number of benzene rings is 1. The minimum Gasteiger partial charge on any atom is -0.472 e. The lowest BCUT2D eigenvalue weighted by molar-refractivity contribution is 0.0999. The van der Waals surface area contributed by atoms with Gasteiger partial charge in [0.05, 0.1) is 30.0 Å². The Labute approximate surface area is 134 Å². The number of nitrogens with zero attached hydrogens (tertiary/aromatic N) is 2. The molecule has 23 heavy (non-hydrogen) atoms. The van der Waals surface area contributed by atoms with Crippen LogP contribution in [-0.4, -0.2) is 15.5 Å². The zero-order chi connectivity index (χ0) is 16.1. The smallest absolute Gasteiger partial charge is 0.251 e. The SMILES string of the molecule is NC(=O)c1ccoc1.c1ccc(-c2cncn2C2CCC2)cc1. The maximum absolute atomic E-state index is 10.2. The van der Waals surface area contributed by atoms with E-state index >= 15 is 0 Å². The Hall–Kier alpha value is -2.82. The first-order valence-electron chi connectivity index (χ1n) is 7.65. The Bertz CT molecular complexity index is 744. The van der Waals surface area contributed by atoms with Crippen molar-refractivity contribution >= 4 is 5.91 Å². The lowest BCUT2D eigenvalue weighted by Gasteiger charge is -2.28. The van der Waals surface area contributed by atoms with Crippen molar-refractivity contribution in [2.75, 3.05) is 0 Å². The number of imidazole rings is 1. The molecule has 1 aliphatic carbocycles. The Morgan fingerprint density at radius 1 is 1.22 bits per heavy atom. The average Bonchev–Trinajstić information content (AvgIpc) is 3.19. The van der Waals surface area contributed by atoms with E-state index in [9.17, 15) is 4.79 Å². The van der Waals surface area contributed by atoms with Crippen molar-refractivity contribution in [1.29, 1.82) is 0 Å². The number of rotatable bonds is 3. The summed E-state index contributed by atoms with van der Waals surface area (Å²) in [5, 5.41) is 0. The third-order valence-electron chi connectivity index (χ3n) is 4.01. The average molecular weight is 309 g/mol. The molecule has 1 fully saturated rings. The summed E-state index contributed by atoms with van der Waals surface area (Å²) < 4.78 is 6.89. The van der Waals surface area contributed by atoms with Crippen LogP contribution in [0.5, 0.6) is 0 Å². The highest BCUT2D eigenvalue weighted by atomic mass is 16.3. The van der Waals surface area contributed by atoms with Gasteiger partial charge in [0.15, 0.2) is 0 Å². The number of hydrogen-bond donors (Lipinski definition) is 1. The van der Waals surface area contributed by atoms with E-state index in [4.69, 9.17) is 5.73 Å². The third kappa shape index (κ3) is 3.51. The number of furan rings is 1. The monoisotopic (exact) mass is 309 g/mol. The third-order valence-corrected chi connectivity index (χ3v) is 4.01. The Balaban J connectivity index is 0.000000166. The van der Waals surface area contributed by atoms with Gasteiger partial charge < -0.3 is 14.7 Å². The van der Waals surface area contributed by atoms with Crippen LogP contribution < -0.4 is 5.73 Å². The van der Waals surface area contributed by atoms with Gasteiger partial charge in [-0.3, -0.25) is 4.79 Å². The van der Waals surface area contributed by atoms with Gasteiger partial charge in [-0.15, -0.1) is 0 Å². The maximum atomic E-state index is 10.2. The van der Waals surface area contributed by atoms with E-state index in [0.717, 1.165) is 0 Å². The van der Waals surface area contributed by atoms with E-state index in [0.29, 0.717) is 11.6 Å². The molecule has 0 bridgehead atoms. The number of amides is 1. The Kier molecular flexibility index (Phi) is 4.57. The van der Waals surface area contributed by atoms with Crippen molar-refractivity contribution in [3.63, 3.8) is 0 Å². The number of carbonyl (C=O) groups excluding carboxylic acids is 1. The van der Waals surface area contributed by atoms with Crippen molar-refractivity contribution in [2.45, 2.75) is 25.3 Å². The maximum Gasteiger partial charge on any atom is 0.251 e. The van der Waals surface area contributed by atoms with E-state index in [-0.39, 0.29) is 0 Å². The van der Waals surface area contributed by atoms with Gasteiger partial charge in [-0.2, -0.15) is 0 Å². The normalized spacial score (nSPS) is 13.7. The Morgan fingerprint density at radius 3 is 2.52 bits per heavy atom. The molecule has 0 radical (unpaired) electrons. The topological polar surface area (TPSA) is 74.1 Å². The van der Waals surface area contributed by atoms with Crippen LogP contribution in [0.25, 0.3) is 11.3 Å². The van der Waals surface area contributed by atoms with Crippen LogP contribution in [-0.2, 0) is 0 Å². The zero-order valence-corrected chi connectivity index (χ0v) is 12.8. The largest absolute Gasteiger partial charge is 0.472 e. The zero-order valence-electron chi connectivity index (χ0n) is 12.8. The van der Waals surface area contributed by atoms with Crippen LogP contribution in [0.15, 0.2) is 65.9 Å². The van der Waals surface area contributed by atoms with E-state index in [1.807, 2.05) is 18.6 Å². The molecule has 0 aliphatic heterocycles. The fraction of sp³-hybridized carbons (Fsp3) is 0.222. The van der Waals surface area contributed by atoms with Gasteiger partial charge in [0.1, 0.15) is 6.26 Å². The molecule has 0 spiro atoms. The standard InChI is InChI=1S/C13H14N2.C5H5NO2/c1-2-5-11(6-3-1)13-9-14-10-15(13)12-7-4-8-12;6-5(7)4-1-2-8-3-4/h1-3,5-6,9-10,12H,4,7-8H2;1-3H,(H2,6,7). The van der Waals surface area contributed by atoms with Gasteiger partial charge in [0.25, 0.3) is 5.91 Å². The van der Waals surface area contributed by atoms with Crippen molar-refractivity contribution < 1.29 is 9.21 Å². The highest BCUT2D eigenvalue weighted by Crippen LogP contribution is 2.34. The summed E-state index contributed by atoms with van der Waals surface area (Å²) in [7, 11) is 0. The van der Waals surface area contributed by atoms with Gasteiger partial charge in [-0.1, -0.05) is 30.3 Å². The molecule has 5 nitrogen and oxygen atoms in total. The summed E-state index contributed by atoms with van der Waals surface area (Å²) in [6, 6.07) is 12.7. The van der Waals surface area contributed by atoms with Gasteiger partial charge in [-0.05, 0) is 30.9 Å². The first-order chi connectivity index (χ1) is 11.3. The predicted octanol–water partition coefficient (Wildman–Crippen LogP) is 3.65. The molecule has 0 unspecified atom stereocenters. The van der Waals surface area contributed by atoms with Crippen LogP contribution in [0.1, 0.15) is 35.7 Å². The molecular weight excluding hydrogens is 290 g/mol. The fourth-order valence-electron chi connectivity index (χ4n) is 2.50. The highest BCUT2D eigenvalue weighted by Gasteiger charge is 2.21. The lowest BCUT2D eigenvalue weighted by atomic mass is 9.92. The summed E-state index contributed by atoms with van der Waals surface area (Å²) in [4.78, 5) is 14.5. The molecule has 1 aliphatic rings. The minimum absolute atomic E-state index is 0.407. The summed E-state index contributed by atoms with van der Waals surface area (Å²) >= 11 is 0. The van der Waals surface area contributed by atoms with Gasteiger partial charge in [0, 0.05) is 6.04 Å². The molecule has 1 aromatic carbocycles. The first kappa shape index (κ1) is 15.1. The molecule has 1 amide bonds. The number of carbonyl (C=O) groups is 1. The van der Waals surface area contributed by atoms with E-state index in [1.165, 1.54) is 49.1 Å². The highest BCUT2D eigenvalue weighted by molar-refractivity contribution is 5.92. The molecule has 2 heterocycles. The van der Waals surface area contributed by atoms with E-state index in [2.05, 4.69) is 38.2 Å². The van der Waals surface area contributed by atoms with Crippen molar-refractivity contribution in [2.24, 2.45) is 5.73 Å². The van der Waals surface area contributed by atoms with Crippen molar-refractivity contribution in [3.8, 4) is 11.3 Å². The van der Waals surface area contributed by atoms with Crippen molar-refractivity contribution in [1.82, 2.24) is 9.55 Å². The number of nitrogens with two attached hydrogens (primary N) is 1. The predicted molar refractivity (Wildman–Crippen MR) is 87.8 cm³/mol. The summed E-state index contributed by atoms with van der Waals surface area (Å²) in [5.41, 5.74) is 7.78. The van der Waals surface area contributed by atoms with E-state index in [1.54, 1.807) is 0 Å². The van der Waals surface area contributed by atoms with Crippen LogP contribution in [0, 0.1) is 0 Å². The minimum atomic E-state index is -0.459. The summed E-state index contributed by atoms with van der Waals surface area (Å²) in [5.74, 6) is -0.459. The molecule has 4 rings (SSSR count). The second kappa shape index (κ2) is 6.96. The van der Waals surface area contributed by atoms with Crippen LogP contribution in [0.2, 0.25) is 0 Å². The molecule has 5 heteroatoms. The molecule has 1 saturated carbocycles. The molecule has 0 atom stereocenters. The molecular formula is C18H19N3O2. The molecule has 2 aromatic heterocycles. The summed E-state index contributed by atoms with van der Waals surface area (Å²) in [6.07, 6.45) is 10.6. The number of hydrogen-bond acceptors (Lipinski definition) is 3. The molecule has 118 valence electrons. The van der Waals surface area contributed by atoms with Crippen LogP contribution in [0.4, 0.5) is 0 Å². The quantitative estimate of drug-likeness (QED) is 0.802. The number of aromatic nitrogens is 2. The van der Waals surface area contributed by atoms with Gasteiger partial charge >= 0.3 is 0 Å². The van der Waals surface area contributed by atoms with Crippen LogP contribution in [0.3, 0.4) is 0 Å². The second-order valence-corrected chi connectivity index (χ2v) is 5.51. The molecule has 3 aromatic rings.